The lowest BCUT2D eigenvalue weighted by Gasteiger charge is -2.13. The van der Waals surface area contributed by atoms with Crippen LogP contribution in [0, 0.1) is 11.6 Å². The number of benzene rings is 1. The van der Waals surface area contributed by atoms with Crippen LogP contribution in [0.5, 0.6) is 0 Å². The fraction of sp³-hybridized carbons (Fsp3) is 0.455. The maximum Gasteiger partial charge on any atom is 0.208 e. The maximum atomic E-state index is 13.3. The van der Waals surface area contributed by atoms with Crippen molar-refractivity contribution in [2.75, 3.05) is 25.9 Å². The van der Waals surface area contributed by atoms with Gasteiger partial charge in [0.05, 0.1) is 12.4 Å². The first kappa shape index (κ1) is 16.0. The van der Waals surface area contributed by atoms with E-state index in [0.717, 1.165) is 12.3 Å². The smallest absolute Gasteiger partial charge is 0.208 e. The van der Waals surface area contributed by atoms with Gasteiger partial charge in [0.25, 0.3) is 0 Å². The lowest BCUT2D eigenvalue weighted by Crippen LogP contribution is -2.33. The second kappa shape index (κ2) is 6.90. The second-order valence-corrected chi connectivity index (χ2v) is 5.89. The summed E-state index contributed by atoms with van der Waals surface area (Å²) in [6.07, 6.45) is -0.0886. The van der Waals surface area contributed by atoms with Crippen LogP contribution in [0.25, 0.3) is 0 Å². The number of hydrogen-bond donors (Lipinski definition) is 3. The summed E-state index contributed by atoms with van der Waals surface area (Å²) in [7, 11) is -3.24. The molecule has 1 atom stereocenters. The first-order valence-electron chi connectivity index (χ1n) is 5.58. The van der Waals surface area contributed by atoms with Gasteiger partial charge in [-0.05, 0) is 6.07 Å². The Morgan fingerprint density at radius 2 is 2.00 bits per heavy atom. The van der Waals surface area contributed by atoms with Crippen LogP contribution in [0.2, 0.25) is 0 Å². The molecule has 8 heteroatoms. The van der Waals surface area contributed by atoms with Crippen LogP contribution in [-0.2, 0) is 10.0 Å². The van der Waals surface area contributed by atoms with E-state index in [0.29, 0.717) is 6.07 Å². The van der Waals surface area contributed by atoms with E-state index < -0.39 is 27.8 Å². The molecular formula is C11H16F2N2O3S. The molecule has 0 spiro atoms. The minimum absolute atomic E-state index is 0.00928. The van der Waals surface area contributed by atoms with Crippen molar-refractivity contribution >= 4 is 10.0 Å². The highest BCUT2D eigenvalue weighted by Crippen LogP contribution is 2.17. The molecule has 3 N–H and O–H groups in total. The van der Waals surface area contributed by atoms with E-state index in [1.54, 1.807) is 0 Å². The Morgan fingerprint density at radius 1 is 1.32 bits per heavy atom. The summed E-state index contributed by atoms with van der Waals surface area (Å²) in [5.74, 6) is -1.53. The molecule has 1 aromatic carbocycles. The van der Waals surface area contributed by atoms with Crippen molar-refractivity contribution in [2.24, 2.45) is 0 Å². The summed E-state index contributed by atoms with van der Waals surface area (Å²) in [6.45, 7) is 0.485. The second-order valence-electron chi connectivity index (χ2n) is 4.05. The Balaban J connectivity index is 2.37. The summed E-state index contributed by atoms with van der Waals surface area (Å²) in [4.78, 5) is 0. The molecule has 1 aromatic rings. The van der Waals surface area contributed by atoms with Gasteiger partial charge < -0.3 is 10.4 Å². The molecule has 1 rings (SSSR count). The predicted molar refractivity (Wildman–Crippen MR) is 67.0 cm³/mol. The van der Waals surface area contributed by atoms with Crippen molar-refractivity contribution in [3.05, 3.63) is 35.4 Å². The third-order valence-corrected chi connectivity index (χ3v) is 3.05. The normalized spacial score (nSPS) is 13.5. The topological polar surface area (TPSA) is 78.4 Å². The van der Waals surface area contributed by atoms with Crippen LogP contribution in [0.3, 0.4) is 0 Å². The Bertz CT molecular complexity index is 523. The summed E-state index contributed by atoms with van der Waals surface area (Å²) in [6, 6.07) is 2.93. The van der Waals surface area contributed by atoms with Gasteiger partial charge in [-0.2, -0.15) is 0 Å². The van der Waals surface area contributed by atoms with Gasteiger partial charge in [-0.25, -0.2) is 21.9 Å². The minimum atomic E-state index is -3.24. The highest BCUT2D eigenvalue weighted by molar-refractivity contribution is 7.88. The Hall–Kier alpha value is -1.09. The van der Waals surface area contributed by atoms with E-state index in [1.807, 2.05) is 0 Å². The van der Waals surface area contributed by atoms with E-state index >= 15 is 0 Å². The van der Waals surface area contributed by atoms with Crippen LogP contribution in [0.1, 0.15) is 11.7 Å². The van der Waals surface area contributed by atoms with Gasteiger partial charge in [0.2, 0.25) is 10.0 Å². The summed E-state index contributed by atoms with van der Waals surface area (Å²) in [5, 5.41) is 12.4. The van der Waals surface area contributed by atoms with Crippen molar-refractivity contribution in [2.45, 2.75) is 6.10 Å². The molecule has 0 saturated carbocycles. The first-order valence-corrected chi connectivity index (χ1v) is 7.47. The Labute approximate surface area is 110 Å². The number of halogens is 2. The average molecular weight is 294 g/mol. The zero-order valence-corrected chi connectivity index (χ0v) is 11.2. The average Bonchev–Trinajstić information content (AvgIpc) is 2.26. The van der Waals surface area contributed by atoms with Gasteiger partial charge in [0.15, 0.2) is 0 Å². The number of nitrogens with one attached hydrogen (secondary N) is 2. The number of sulfonamides is 1. The Morgan fingerprint density at radius 3 is 2.58 bits per heavy atom. The molecule has 19 heavy (non-hydrogen) atoms. The molecule has 0 bridgehead atoms. The summed E-state index contributed by atoms with van der Waals surface area (Å²) in [5.41, 5.74) is -0.00928. The van der Waals surface area contributed by atoms with Crippen molar-refractivity contribution in [1.82, 2.24) is 10.0 Å². The van der Waals surface area contributed by atoms with E-state index in [-0.39, 0.29) is 25.2 Å². The van der Waals surface area contributed by atoms with Crippen LogP contribution in [0.4, 0.5) is 8.78 Å². The molecule has 0 aliphatic heterocycles. The summed E-state index contributed by atoms with van der Waals surface area (Å²) < 4.78 is 49.8. The summed E-state index contributed by atoms with van der Waals surface area (Å²) >= 11 is 0. The lowest BCUT2D eigenvalue weighted by molar-refractivity contribution is 0.170. The van der Waals surface area contributed by atoms with Crippen molar-refractivity contribution < 1.29 is 22.3 Å². The van der Waals surface area contributed by atoms with Gasteiger partial charge in [0.1, 0.15) is 11.6 Å². The molecule has 0 saturated heterocycles. The van der Waals surface area contributed by atoms with Gasteiger partial charge in [-0.15, -0.1) is 0 Å². The minimum Gasteiger partial charge on any atom is -0.387 e. The van der Waals surface area contributed by atoms with E-state index in [9.17, 15) is 22.3 Å². The molecule has 0 amide bonds. The van der Waals surface area contributed by atoms with E-state index in [4.69, 9.17) is 0 Å². The monoisotopic (exact) mass is 294 g/mol. The molecule has 0 radical (unpaired) electrons. The van der Waals surface area contributed by atoms with Crippen LogP contribution >= 0.6 is 0 Å². The fourth-order valence-electron chi connectivity index (χ4n) is 1.45. The number of aliphatic hydroxyl groups is 1. The van der Waals surface area contributed by atoms with Crippen molar-refractivity contribution in [3.8, 4) is 0 Å². The van der Waals surface area contributed by atoms with Crippen LogP contribution in [0.15, 0.2) is 18.2 Å². The molecular weight excluding hydrogens is 278 g/mol. The fourth-order valence-corrected chi connectivity index (χ4v) is 1.92. The van der Waals surface area contributed by atoms with Gasteiger partial charge in [-0.1, -0.05) is 6.07 Å². The third kappa shape index (κ3) is 6.06. The lowest BCUT2D eigenvalue weighted by atomic mass is 10.1. The molecule has 0 fully saturated rings. The van der Waals surface area contributed by atoms with Crippen molar-refractivity contribution in [3.63, 3.8) is 0 Å². The number of hydrogen-bond acceptors (Lipinski definition) is 4. The quantitative estimate of drug-likeness (QED) is 0.625. The molecule has 0 heterocycles. The maximum absolute atomic E-state index is 13.3. The first-order chi connectivity index (χ1) is 8.79. The molecule has 0 aromatic heterocycles. The molecule has 108 valence electrons. The van der Waals surface area contributed by atoms with Crippen molar-refractivity contribution in [1.29, 1.82) is 0 Å². The number of rotatable bonds is 7. The predicted octanol–water partition coefficient (Wildman–Crippen LogP) is 0.137. The van der Waals surface area contributed by atoms with Crippen LogP contribution in [-0.4, -0.2) is 39.4 Å². The van der Waals surface area contributed by atoms with Gasteiger partial charge >= 0.3 is 0 Å². The highest BCUT2D eigenvalue weighted by Gasteiger charge is 2.12. The van der Waals surface area contributed by atoms with Gasteiger partial charge in [-0.3, -0.25) is 0 Å². The molecule has 5 nitrogen and oxygen atoms in total. The van der Waals surface area contributed by atoms with Gasteiger partial charge in [0, 0.05) is 31.3 Å². The highest BCUT2D eigenvalue weighted by atomic mass is 32.2. The van der Waals surface area contributed by atoms with Crippen LogP contribution < -0.4 is 10.0 Å². The largest absolute Gasteiger partial charge is 0.387 e. The Kier molecular flexibility index (Phi) is 5.80. The van der Waals surface area contributed by atoms with E-state index in [2.05, 4.69) is 10.0 Å². The zero-order valence-electron chi connectivity index (χ0n) is 10.4. The molecule has 0 aliphatic rings. The SMILES string of the molecule is CS(=O)(=O)NCCNCC(O)c1ccc(F)cc1F. The standard InChI is InChI=1S/C11H16F2N2O3S/c1-19(17,18)15-5-4-14-7-11(16)9-3-2-8(12)6-10(9)13/h2-3,6,11,14-16H,4-5,7H2,1H3. The third-order valence-electron chi connectivity index (χ3n) is 2.33. The van der Waals surface area contributed by atoms with E-state index in [1.165, 1.54) is 6.07 Å². The molecule has 1 unspecified atom stereocenters. The molecule has 0 aliphatic carbocycles. The zero-order chi connectivity index (χ0) is 14.5. The number of aliphatic hydroxyl groups excluding tert-OH is 1.